The largest absolute Gasteiger partial charge is 0.396 e. The lowest BCUT2D eigenvalue weighted by atomic mass is 10.0. The smallest absolute Gasteiger partial charge is 0.281 e. The summed E-state index contributed by atoms with van der Waals surface area (Å²) in [5.41, 5.74) is 0. The summed E-state index contributed by atoms with van der Waals surface area (Å²) in [4.78, 5) is 0. The van der Waals surface area contributed by atoms with Gasteiger partial charge in [-0.2, -0.15) is 17.0 Å². The van der Waals surface area contributed by atoms with Gasteiger partial charge in [-0.15, -0.1) is 0 Å². The van der Waals surface area contributed by atoms with Crippen LogP contribution in [0.15, 0.2) is 0 Å². The molecular weight excluding hydrogens is 228 g/mol. The first-order chi connectivity index (χ1) is 7.48. The topological polar surface area (TPSA) is 60.9 Å². The monoisotopic (exact) mass is 250 g/mol. The van der Waals surface area contributed by atoms with Crippen LogP contribution in [0.2, 0.25) is 0 Å². The van der Waals surface area contributed by atoms with E-state index in [1.54, 1.807) is 11.4 Å². The molecule has 1 rings (SSSR count). The predicted octanol–water partition coefficient (Wildman–Crippen LogP) is 0.277. The van der Waals surface area contributed by atoms with Gasteiger partial charge in [-0.05, 0) is 25.2 Å². The predicted molar refractivity (Wildman–Crippen MR) is 63.2 cm³/mol. The zero-order valence-electron chi connectivity index (χ0n) is 10.1. The zero-order chi connectivity index (χ0) is 12.2. The molecule has 96 valence electrons. The van der Waals surface area contributed by atoms with E-state index < -0.39 is 10.2 Å². The van der Waals surface area contributed by atoms with Gasteiger partial charge in [0.1, 0.15) is 0 Å². The van der Waals surface area contributed by atoms with E-state index in [1.165, 1.54) is 4.31 Å². The summed E-state index contributed by atoms with van der Waals surface area (Å²) >= 11 is 0. The number of nitrogens with zero attached hydrogens (tertiary/aromatic N) is 2. The van der Waals surface area contributed by atoms with Crippen LogP contribution in [0.4, 0.5) is 0 Å². The molecule has 6 heteroatoms. The molecule has 0 radical (unpaired) electrons. The van der Waals surface area contributed by atoms with E-state index in [0.29, 0.717) is 32.0 Å². The molecule has 0 saturated carbocycles. The average Bonchev–Trinajstić information content (AvgIpc) is 2.26. The highest BCUT2D eigenvalue weighted by Gasteiger charge is 2.29. The number of aliphatic hydroxyl groups excluding tert-OH is 1. The van der Waals surface area contributed by atoms with Gasteiger partial charge in [-0.25, -0.2) is 0 Å². The molecule has 0 unspecified atom stereocenters. The van der Waals surface area contributed by atoms with E-state index in [9.17, 15) is 8.42 Å². The summed E-state index contributed by atoms with van der Waals surface area (Å²) in [6.07, 6.45) is 2.36. The molecule has 5 nitrogen and oxygen atoms in total. The lowest BCUT2D eigenvalue weighted by Gasteiger charge is -2.32. The quantitative estimate of drug-likeness (QED) is 0.762. The number of piperidine rings is 1. The van der Waals surface area contributed by atoms with Crippen molar-refractivity contribution >= 4 is 10.2 Å². The Kier molecular flexibility index (Phi) is 5.17. The molecule has 0 aromatic carbocycles. The Morgan fingerprint density at radius 1 is 1.38 bits per heavy atom. The van der Waals surface area contributed by atoms with E-state index in [0.717, 1.165) is 12.8 Å². The summed E-state index contributed by atoms with van der Waals surface area (Å²) in [6.45, 7) is 3.79. The van der Waals surface area contributed by atoms with Gasteiger partial charge in [-0.3, -0.25) is 0 Å². The molecule has 0 amide bonds. The summed E-state index contributed by atoms with van der Waals surface area (Å²) in [7, 11) is -1.73. The number of rotatable bonds is 5. The Bertz CT molecular complexity index is 297. The third kappa shape index (κ3) is 3.41. The van der Waals surface area contributed by atoms with Gasteiger partial charge in [0.15, 0.2) is 0 Å². The maximum absolute atomic E-state index is 12.1. The van der Waals surface area contributed by atoms with Crippen molar-refractivity contribution in [3.8, 4) is 0 Å². The SMILES string of the molecule is CC1CCN(S(=O)(=O)N(C)CCCO)CC1. The van der Waals surface area contributed by atoms with Crippen molar-refractivity contribution in [1.82, 2.24) is 8.61 Å². The van der Waals surface area contributed by atoms with Crippen LogP contribution in [0.1, 0.15) is 26.2 Å². The Morgan fingerprint density at radius 3 is 2.44 bits per heavy atom. The van der Waals surface area contributed by atoms with Gasteiger partial charge in [0.2, 0.25) is 0 Å². The van der Waals surface area contributed by atoms with Crippen molar-refractivity contribution < 1.29 is 13.5 Å². The first-order valence-electron chi connectivity index (χ1n) is 5.80. The van der Waals surface area contributed by atoms with E-state index >= 15 is 0 Å². The second-order valence-electron chi connectivity index (χ2n) is 4.49. The minimum absolute atomic E-state index is 0.0247. The van der Waals surface area contributed by atoms with Crippen LogP contribution in [0.5, 0.6) is 0 Å². The minimum Gasteiger partial charge on any atom is -0.396 e. The van der Waals surface area contributed by atoms with Crippen LogP contribution < -0.4 is 0 Å². The van der Waals surface area contributed by atoms with Crippen LogP contribution in [0.3, 0.4) is 0 Å². The van der Waals surface area contributed by atoms with Crippen molar-refractivity contribution in [2.45, 2.75) is 26.2 Å². The lowest BCUT2D eigenvalue weighted by molar-refractivity contribution is 0.255. The maximum atomic E-state index is 12.1. The highest BCUT2D eigenvalue weighted by molar-refractivity contribution is 7.86. The third-order valence-electron chi connectivity index (χ3n) is 3.09. The first kappa shape index (κ1) is 13.9. The molecule has 1 N–H and O–H groups in total. The molecule has 1 aliphatic heterocycles. The van der Waals surface area contributed by atoms with Crippen LogP contribution >= 0.6 is 0 Å². The molecule has 16 heavy (non-hydrogen) atoms. The summed E-state index contributed by atoms with van der Waals surface area (Å²) in [5.74, 6) is 0.620. The summed E-state index contributed by atoms with van der Waals surface area (Å²) < 4.78 is 27.0. The van der Waals surface area contributed by atoms with Crippen LogP contribution in [-0.2, 0) is 10.2 Å². The lowest BCUT2D eigenvalue weighted by Crippen LogP contribution is -2.45. The molecule has 1 heterocycles. The van der Waals surface area contributed by atoms with Crippen molar-refractivity contribution in [1.29, 1.82) is 0 Å². The highest BCUT2D eigenvalue weighted by atomic mass is 32.2. The van der Waals surface area contributed by atoms with Gasteiger partial charge < -0.3 is 5.11 Å². The van der Waals surface area contributed by atoms with Crippen LogP contribution in [0, 0.1) is 5.92 Å². The van der Waals surface area contributed by atoms with Crippen molar-refractivity contribution in [2.75, 3.05) is 33.3 Å². The van der Waals surface area contributed by atoms with Crippen molar-refractivity contribution in [2.24, 2.45) is 5.92 Å². The third-order valence-corrected chi connectivity index (χ3v) is 5.08. The molecule has 1 fully saturated rings. The molecule has 0 spiro atoms. The molecule has 0 atom stereocenters. The zero-order valence-corrected chi connectivity index (χ0v) is 10.9. The van der Waals surface area contributed by atoms with Gasteiger partial charge in [0.05, 0.1) is 0 Å². The Morgan fingerprint density at radius 2 is 1.94 bits per heavy atom. The molecule has 0 aromatic heterocycles. The maximum Gasteiger partial charge on any atom is 0.281 e. The van der Waals surface area contributed by atoms with Crippen molar-refractivity contribution in [3.05, 3.63) is 0 Å². The Labute approximate surface area is 98.2 Å². The summed E-state index contributed by atoms with van der Waals surface area (Å²) in [6, 6.07) is 0. The molecule has 0 aliphatic carbocycles. The molecule has 1 saturated heterocycles. The molecule has 0 aromatic rings. The van der Waals surface area contributed by atoms with E-state index in [-0.39, 0.29) is 6.61 Å². The number of aliphatic hydroxyl groups is 1. The van der Waals surface area contributed by atoms with E-state index in [2.05, 4.69) is 6.92 Å². The Balaban J connectivity index is 2.56. The fourth-order valence-corrected chi connectivity index (χ4v) is 3.25. The fraction of sp³-hybridized carbons (Fsp3) is 1.00. The minimum atomic E-state index is -3.30. The second-order valence-corrected chi connectivity index (χ2v) is 6.52. The molecule has 1 aliphatic rings. The normalized spacial score (nSPS) is 20.5. The van der Waals surface area contributed by atoms with Gasteiger partial charge >= 0.3 is 0 Å². The van der Waals surface area contributed by atoms with E-state index in [1.807, 2.05) is 0 Å². The fourth-order valence-electron chi connectivity index (χ4n) is 1.82. The first-order valence-corrected chi connectivity index (χ1v) is 7.20. The highest BCUT2D eigenvalue weighted by Crippen LogP contribution is 2.20. The van der Waals surface area contributed by atoms with E-state index in [4.69, 9.17) is 5.11 Å². The average molecular weight is 250 g/mol. The summed E-state index contributed by atoms with van der Waals surface area (Å²) in [5, 5.41) is 8.69. The van der Waals surface area contributed by atoms with Gasteiger partial charge in [-0.1, -0.05) is 6.92 Å². The van der Waals surface area contributed by atoms with Gasteiger partial charge in [0.25, 0.3) is 10.2 Å². The number of hydrogen-bond donors (Lipinski definition) is 1. The van der Waals surface area contributed by atoms with Gasteiger partial charge in [0, 0.05) is 33.3 Å². The number of hydrogen-bond acceptors (Lipinski definition) is 3. The van der Waals surface area contributed by atoms with Crippen LogP contribution in [0.25, 0.3) is 0 Å². The second kappa shape index (κ2) is 5.95. The standard InChI is InChI=1S/C10H22N2O3S/c1-10-4-7-12(8-5-10)16(14,15)11(2)6-3-9-13/h10,13H,3-9H2,1-2H3. The molecular formula is C10H22N2O3S. The molecule has 0 bridgehead atoms. The Hall–Kier alpha value is -0.170. The van der Waals surface area contributed by atoms with Crippen LogP contribution in [-0.4, -0.2) is 55.4 Å². The van der Waals surface area contributed by atoms with Crippen molar-refractivity contribution in [3.63, 3.8) is 0 Å².